The molecule has 1 aromatic rings. The maximum Gasteiger partial charge on any atom is 0.410 e. The van der Waals surface area contributed by atoms with Crippen molar-refractivity contribution in [1.29, 1.82) is 0 Å². The zero-order chi connectivity index (χ0) is 20.3. The molecule has 1 amide bonds. The number of amides is 1. The minimum atomic E-state index is -0.504. The first-order valence-corrected chi connectivity index (χ1v) is 9.35. The molecule has 0 aromatic heterocycles. The summed E-state index contributed by atoms with van der Waals surface area (Å²) in [5.41, 5.74) is 1.57. The molecular formula is C20H33FN4O2. The van der Waals surface area contributed by atoms with Crippen LogP contribution in [0, 0.1) is 0 Å². The number of carbonyl (C=O) groups excluding carboxylic acids is 1. The van der Waals surface area contributed by atoms with Gasteiger partial charge >= 0.3 is 6.09 Å². The minimum absolute atomic E-state index is 0.342. The molecule has 0 heterocycles. The molecule has 2 N–H and O–H groups in total. The van der Waals surface area contributed by atoms with Crippen molar-refractivity contribution in [3.63, 3.8) is 0 Å². The SMILES string of the molecule is CCNC(=NCc1ccc(CN(C)C(=O)OC(C)(C)C)cc1)NCCCF. The van der Waals surface area contributed by atoms with Gasteiger partial charge in [-0.25, -0.2) is 9.79 Å². The maximum atomic E-state index is 12.2. The second kappa shape index (κ2) is 11.4. The highest BCUT2D eigenvalue weighted by Crippen LogP contribution is 2.12. The number of aliphatic imine (C=N–C) groups is 1. The Morgan fingerprint density at radius 3 is 2.37 bits per heavy atom. The van der Waals surface area contributed by atoms with Crippen LogP contribution in [0.3, 0.4) is 0 Å². The van der Waals surface area contributed by atoms with E-state index < -0.39 is 5.60 Å². The van der Waals surface area contributed by atoms with Crippen LogP contribution in [0.4, 0.5) is 9.18 Å². The summed E-state index contributed by atoms with van der Waals surface area (Å²) >= 11 is 0. The van der Waals surface area contributed by atoms with Crippen LogP contribution < -0.4 is 10.6 Å². The van der Waals surface area contributed by atoms with E-state index in [-0.39, 0.29) is 12.8 Å². The predicted molar refractivity (Wildman–Crippen MR) is 108 cm³/mol. The summed E-state index contributed by atoms with van der Waals surface area (Å²) in [6.07, 6.45) is 0.121. The summed E-state index contributed by atoms with van der Waals surface area (Å²) in [4.78, 5) is 18.1. The normalized spacial score (nSPS) is 11.9. The number of hydrogen-bond donors (Lipinski definition) is 2. The number of alkyl halides is 1. The lowest BCUT2D eigenvalue weighted by molar-refractivity contribution is 0.0285. The Hall–Kier alpha value is -2.31. The number of halogens is 1. The number of nitrogens with one attached hydrogen (secondary N) is 2. The third-order valence-corrected chi connectivity index (χ3v) is 3.51. The highest BCUT2D eigenvalue weighted by molar-refractivity contribution is 5.79. The van der Waals surface area contributed by atoms with Crippen molar-refractivity contribution in [3.05, 3.63) is 35.4 Å². The summed E-state index contributed by atoms with van der Waals surface area (Å²) in [6.45, 7) is 9.50. The van der Waals surface area contributed by atoms with Crippen LogP contribution in [-0.4, -0.2) is 49.4 Å². The number of rotatable bonds is 8. The predicted octanol–water partition coefficient (Wildman–Crippen LogP) is 3.47. The molecule has 27 heavy (non-hydrogen) atoms. The van der Waals surface area contributed by atoms with Crippen molar-refractivity contribution < 1.29 is 13.9 Å². The average Bonchev–Trinajstić information content (AvgIpc) is 2.59. The standard InChI is InChI=1S/C20H33FN4O2/c1-6-22-18(23-13-7-12-21)24-14-16-8-10-17(11-9-16)15-25(5)19(26)27-20(2,3)4/h8-11H,6-7,12-15H2,1-5H3,(H2,22,23,24). The highest BCUT2D eigenvalue weighted by atomic mass is 19.1. The largest absolute Gasteiger partial charge is 0.444 e. The lowest BCUT2D eigenvalue weighted by Crippen LogP contribution is -2.37. The van der Waals surface area contributed by atoms with E-state index in [1.807, 2.05) is 52.0 Å². The zero-order valence-electron chi connectivity index (χ0n) is 17.1. The van der Waals surface area contributed by atoms with E-state index in [2.05, 4.69) is 15.6 Å². The van der Waals surface area contributed by atoms with Crippen LogP contribution in [0.2, 0.25) is 0 Å². The molecule has 0 saturated carbocycles. The smallest absolute Gasteiger partial charge is 0.410 e. The Balaban J connectivity index is 2.59. The molecule has 0 unspecified atom stereocenters. The van der Waals surface area contributed by atoms with Crippen molar-refractivity contribution in [2.24, 2.45) is 4.99 Å². The van der Waals surface area contributed by atoms with Crippen LogP contribution in [-0.2, 0) is 17.8 Å². The van der Waals surface area contributed by atoms with Crippen LogP contribution in [0.1, 0.15) is 45.2 Å². The zero-order valence-corrected chi connectivity index (χ0v) is 17.1. The number of carbonyl (C=O) groups is 1. The van der Waals surface area contributed by atoms with Crippen molar-refractivity contribution in [2.45, 2.75) is 52.8 Å². The maximum absolute atomic E-state index is 12.2. The monoisotopic (exact) mass is 380 g/mol. The molecule has 1 aromatic carbocycles. The molecule has 0 aliphatic heterocycles. The van der Waals surface area contributed by atoms with E-state index in [0.29, 0.717) is 32.0 Å². The van der Waals surface area contributed by atoms with E-state index in [0.717, 1.165) is 17.7 Å². The van der Waals surface area contributed by atoms with Crippen molar-refractivity contribution in [3.8, 4) is 0 Å². The van der Waals surface area contributed by atoms with Gasteiger partial charge in [0.25, 0.3) is 0 Å². The topological polar surface area (TPSA) is 66.0 Å². The summed E-state index contributed by atoms with van der Waals surface area (Å²) < 4.78 is 17.6. The third-order valence-electron chi connectivity index (χ3n) is 3.51. The van der Waals surface area contributed by atoms with Crippen molar-refractivity contribution in [1.82, 2.24) is 15.5 Å². The third kappa shape index (κ3) is 9.82. The van der Waals surface area contributed by atoms with Gasteiger partial charge in [0, 0.05) is 26.7 Å². The van der Waals surface area contributed by atoms with Crippen molar-refractivity contribution >= 4 is 12.1 Å². The fourth-order valence-corrected chi connectivity index (χ4v) is 2.21. The lowest BCUT2D eigenvalue weighted by Gasteiger charge is -2.24. The Morgan fingerprint density at radius 1 is 1.19 bits per heavy atom. The molecular weight excluding hydrogens is 347 g/mol. The molecule has 6 nitrogen and oxygen atoms in total. The molecule has 0 aliphatic carbocycles. The van der Waals surface area contributed by atoms with Gasteiger partial charge in [-0.05, 0) is 45.2 Å². The Labute approximate surface area is 162 Å². The minimum Gasteiger partial charge on any atom is -0.444 e. The summed E-state index contributed by atoms with van der Waals surface area (Å²) in [6, 6.07) is 7.95. The van der Waals surface area contributed by atoms with Crippen molar-refractivity contribution in [2.75, 3.05) is 26.8 Å². The fourth-order valence-electron chi connectivity index (χ4n) is 2.21. The summed E-state index contributed by atoms with van der Waals surface area (Å²) in [5, 5.41) is 6.24. The van der Waals surface area contributed by atoms with Gasteiger partial charge in [-0.3, -0.25) is 4.39 Å². The first-order valence-electron chi connectivity index (χ1n) is 9.35. The molecule has 152 valence electrons. The molecule has 0 atom stereocenters. The Bertz CT molecular complexity index is 597. The number of guanidine groups is 1. The van der Waals surface area contributed by atoms with Gasteiger partial charge in [-0.1, -0.05) is 24.3 Å². The summed E-state index contributed by atoms with van der Waals surface area (Å²) in [7, 11) is 1.72. The molecule has 0 spiro atoms. The second-order valence-corrected chi connectivity index (χ2v) is 7.32. The van der Waals surface area contributed by atoms with Gasteiger partial charge in [0.2, 0.25) is 0 Å². The van der Waals surface area contributed by atoms with Gasteiger partial charge < -0.3 is 20.3 Å². The summed E-state index contributed by atoms with van der Waals surface area (Å²) in [5.74, 6) is 0.680. The first kappa shape index (κ1) is 22.7. The molecule has 7 heteroatoms. The van der Waals surface area contributed by atoms with Gasteiger partial charge in [0.1, 0.15) is 5.60 Å². The number of ether oxygens (including phenoxy) is 1. The molecule has 0 saturated heterocycles. The van der Waals surface area contributed by atoms with Crippen LogP contribution in [0.15, 0.2) is 29.3 Å². The fraction of sp³-hybridized carbons (Fsp3) is 0.600. The van der Waals surface area contributed by atoms with Gasteiger partial charge in [0.15, 0.2) is 5.96 Å². The number of benzene rings is 1. The molecule has 0 bridgehead atoms. The Morgan fingerprint density at radius 2 is 1.81 bits per heavy atom. The van der Waals surface area contributed by atoms with E-state index >= 15 is 0 Å². The Kier molecular flexibility index (Phi) is 9.61. The first-order chi connectivity index (χ1) is 12.7. The van der Waals surface area contributed by atoms with E-state index in [1.165, 1.54) is 0 Å². The molecule has 1 rings (SSSR count). The molecule has 0 fully saturated rings. The molecule has 0 aliphatic rings. The second-order valence-electron chi connectivity index (χ2n) is 7.32. The highest BCUT2D eigenvalue weighted by Gasteiger charge is 2.19. The van der Waals surface area contributed by atoms with Gasteiger partial charge in [-0.15, -0.1) is 0 Å². The number of nitrogens with zero attached hydrogens (tertiary/aromatic N) is 2. The van der Waals surface area contributed by atoms with E-state index in [4.69, 9.17) is 4.74 Å². The quantitative estimate of drug-likeness (QED) is 0.412. The van der Waals surface area contributed by atoms with Gasteiger partial charge in [0.05, 0.1) is 13.2 Å². The lowest BCUT2D eigenvalue weighted by atomic mass is 10.1. The van der Waals surface area contributed by atoms with E-state index in [1.54, 1.807) is 11.9 Å². The van der Waals surface area contributed by atoms with Crippen LogP contribution in [0.25, 0.3) is 0 Å². The van der Waals surface area contributed by atoms with Crippen LogP contribution in [0.5, 0.6) is 0 Å². The van der Waals surface area contributed by atoms with Crippen LogP contribution >= 0.6 is 0 Å². The van der Waals surface area contributed by atoms with Gasteiger partial charge in [-0.2, -0.15) is 0 Å². The molecule has 0 radical (unpaired) electrons. The number of hydrogen-bond acceptors (Lipinski definition) is 3. The van der Waals surface area contributed by atoms with E-state index in [9.17, 15) is 9.18 Å². The average molecular weight is 381 g/mol.